The Labute approximate surface area is 158 Å². The van der Waals surface area contributed by atoms with E-state index >= 15 is 0 Å². The molecule has 0 aliphatic heterocycles. The summed E-state index contributed by atoms with van der Waals surface area (Å²) in [5, 5.41) is 4.22. The maximum absolute atomic E-state index is 13.3. The Morgan fingerprint density at radius 3 is 2.41 bits per heavy atom. The summed E-state index contributed by atoms with van der Waals surface area (Å²) in [4.78, 5) is 18.7. The van der Waals surface area contributed by atoms with Gasteiger partial charge in [-0.25, -0.2) is 9.37 Å². The van der Waals surface area contributed by atoms with Crippen LogP contribution in [0.15, 0.2) is 35.3 Å². The summed E-state index contributed by atoms with van der Waals surface area (Å²) in [7, 11) is 1.61. The topological polar surface area (TPSA) is 72.8 Å². The van der Waals surface area contributed by atoms with Crippen molar-refractivity contribution in [3.8, 4) is 5.75 Å². The van der Waals surface area contributed by atoms with Crippen LogP contribution in [0.3, 0.4) is 0 Å². The van der Waals surface area contributed by atoms with E-state index in [-0.39, 0.29) is 5.82 Å². The molecule has 0 saturated carbocycles. The van der Waals surface area contributed by atoms with Crippen LogP contribution in [0, 0.1) is 0 Å². The maximum atomic E-state index is 13.3. The fourth-order valence-electron chi connectivity index (χ4n) is 2.35. The summed E-state index contributed by atoms with van der Waals surface area (Å²) >= 11 is 0. The molecule has 12 heteroatoms. The molecule has 0 saturated heterocycles. The molecule has 2 aromatic heterocycles. The van der Waals surface area contributed by atoms with Crippen molar-refractivity contribution in [1.29, 1.82) is 0 Å². The zero-order chi connectivity index (χ0) is 21.4. The number of hydrogen-bond donors (Lipinski definition) is 1. The Morgan fingerprint density at radius 2 is 1.79 bits per heavy atom. The van der Waals surface area contributed by atoms with Crippen molar-refractivity contribution in [3.05, 3.63) is 52.2 Å². The van der Waals surface area contributed by atoms with Crippen LogP contribution in [-0.2, 0) is 7.05 Å². The van der Waals surface area contributed by atoms with Gasteiger partial charge in [-0.05, 0) is 23.8 Å². The highest BCUT2D eigenvalue weighted by atomic mass is 19.4. The highest BCUT2D eigenvalue weighted by molar-refractivity contribution is 5.75. The number of aromatic amines is 1. The van der Waals surface area contributed by atoms with Crippen molar-refractivity contribution in [1.82, 2.24) is 19.7 Å². The van der Waals surface area contributed by atoms with Crippen LogP contribution in [-0.4, -0.2) is 38.2 Å². The quantitative estimate of drug-likeness (QED) is 0.642. The summed E-state index contributed by atoms with van der Waals surface area (Å²) in [5.41, 5.74) is 0.380. The SMILES string of the molecule is Cn1ncc2c(=O)[nH]c(/C=C/c3ccc(OC(F)(F)C(F)C(F)(F)F)cc3)nc21. The number of H-pyrrole nitrogens is 1. The maximum Gasteiger partial charge on any atom is 0.439 e. The predicted molar refractivity (Wildman–Crippen MR) is 91.0 cm³/mol. The molecule has 6 nitrogen and oxygen atoms in total. The second-order valence-electron chi connectivity index (χ2n) is 5.93. The molecule has 0 fully saturated rings. The monoisotopic (exact) mass is 418 g/mol. The van der Waals surface area contributed by atoms with E-state index in [4.69, 9.17) is 0 Å². The highest BCUT2D eigenvalue weighted by Crippen LogP contribution is 2.36. The number of aromatic nitrogens is 4. The zero-order valence-electron chi connectivity index (χ0n) is 14.5. The third-order valence-electron chi connectivity index (χ3n) is 3.77. The lowest BCUT2D eigenvalue weighted by atomic mass is 10.2. The fourth-order valence-corrected chi connectivity index (χ4v) is 2.35. The van der Waals surface area contributed by atoms with Gasteiger partial charge in [0.05, 0.1) is 6.20 Å². The van der Waals surface area contributed by atoms with Crippen LogP contribution in [0.1, 0.15) is 11.4 Å². The van der Waals surface area contributed by atoms with Crippen LogP contribution in [0.25, 0.3) is 23.2 Å². The fraction of sp³-hybridized carbons (Fsp3) is 0.235. The van der Waals surface area contributed by atoms with Crippen molar-refractivity contribution < 1.29 is 31.1 Å². The van der Waals surface area contributed by atoms with Crippen LogP contribution in [0.2, 0.25) is 0 Å². The molecule has 0 amide bonds. The molecule has 0 bridgehead atoms. The predicted octanol–water partition coefficient (Wildman–Crippen LogP) is 3.70. The number of benzene rings is 1. The first kappa shape index (κ1) is 20.4. The van der Waals surface area contributed by atoms with Gasteiger partial charge in [-0.3, -0.25) is 9.48 Å². The lowest BCUT2D eigenvalue weighted by molar-refractivity contribution is -0.304. The first-order valence-corrected chi connectivity index (χ1v) is 7.95. The highest BCUT2D eigenvalue weighted by Gasteiger charge is 2.59. The van der Waals surface area contributed by atoms with Crippen LogP contribution in [0.4, 0.5) is 26.3 Å². The van der Waals surface area contributed by atoms with Gasteiger partial charge in [0.2, 0.25) is 0 Å². The third-order valence-corrected chi connectivity index (χ3v) is 3.77. The van der Waals surface area contributed by atoms with Crippen molar-refractivity contribution >= 4 is 23.2 Å². The van der Waals surface area contributed by atoms with E-state index in [0.717, 1.165) is 12.1 Å². The average molecular weight is 418 g/mol. The second kappa shape index (κ2) is 7.26. The van der Waals surface area contributed by atoms with E-state index in [2.05, 4.69) is 19.8 Å². The number of halogens is 6. The van der Waals surface area contributed by atoms with Gasteiger partial charge in [0.15, 0.2) is 5.65 Å². The van der Waals surface area contributed by atoms with Crippen LogP contribution >= 0.6 is 0 Å². The molecule has 2 heterocycles. The van der Waals surface area contributed by atoms with Gasteiger partial charge in [0.1, 0.15) is 17.0 Å². The standard InChI is InChI=1S/C17H12F6N4O2/c1-27-13-11(8-24-27)14(28)26-12(25-13)7-4-9-2-5-10(6-3-9)29-17(22,23)15(18)16(19,20)21/h2-8,15H,1H3,(H,25,26,28)/b7-4+. The molecule has 154 valence electrons. The normalized spacial score (nSPS) is 13.9. The second-order valence-corrected chi connectivity index (χ2v) is 5.93. The summed E-state index contributed by atoms with van der Waals surface area (Å²) in [6.07, 6.45) is -11.0. The Bertz CT molecular complexity index is 1100. The number of fused-ring (bicyclic) bond motifs is 1. The lowest BCUT2D eigenvalue weighted by Crippen LogP contribution is -2.45. The van der Waals surface area contributed by atoms with Crippen LogP contribution < -0.4 is 10.3 Å². The zero-order valence-corrected chi connectivity index (χ0v) is 14.5. The number of alkyl halides is 6. The summed E-state index contributed by atoms with van der Waals surface area (Å²) in [6.45, 7) is 0. The molecule has 3 rings (SSSR count). The first-order chi connectivity index (χ1) is 13.5. The van der Waals surface area contributed by atoms with Crippen molar-refractivity contribution in [2.45, 2.75) is 18.5 Å². The lowest BCUT2D eigenvalue weighted by Gasteiger charge is -2.23. The van der Waals surface area contributed by atoms with Gasteiger partial charge in [0.25, 0.3) is 11.7 Å². The number of hydrogen-bond acceptors (Lipinski definition) is 4. The number of rotatable bonds is 5. The molecule has 1 N–H and O–H groups in total. The molecular weight excluding hydrogens is 406 g/mol. The van der Waals surface area contributed by atoms with E-state index in [9.17, 15) is 31.1 Å². The van der Waals surface area contributed by atoms with Crippen molar-refractivity contribution in [3.63, 3.8) is 0 Å². The average Bonchev–Trinajstić information content (AvgIpc) is 3.01. The third kappa shape index (κ3) is 4.41. The van der Waals surface area contributed by atoms with E-state index in [1.165, 1.54) is 35.2 Å². The van der Waals surface area contributed by atoms with Gasteiger partial charge >= 0.3 is 12.3 Å². The van der Waals surface area contributed by atoms with Crippen molar-refractivity contribution in [2.24, 2.45) is 7.05 Å². The van der Waals surface area contributed by atoms with Gasteiger partial charge in [-0.1, -0.05) is 18.2 Å². The van der Waals surface area contributed by atoms with Gasteiger partial charge < -0.3 is 9.72 Å². The summed E-state index contributed by atoms with van der Waals surface area (Å²) in [6, 6.07) is 4.42. The van der Waals surface area contributed by atoms with Gasteiger partial charge in [0, 0.05) is 7.05 Å². The number of nitrogens with one attached hydrogen (secondary N) is 1. The molecule has 0 aliphatic rings. The minimum absolute atomic E-state index is 0.198. The summed E-state index contributed by atoms with van der Waals surface area (Å²) < 4.78 is 81.0. The Morgan fingerprint density at radius 1 is 1.14 bits per heavy atom. The largest absolute Gasteiger partial charge is 0.439 e. The smallest absolute Gasteiger partial charge is 0.430 e. The summed E-state index contributed by atoms with van der Waals surface area (Å²) in [5.74, 6) is -0.453. The molecule has 1 atom stereocenters. The molecule has 29 heavy (non-hydrogen) atoms. The molecule has 0 spiro atoms. The van der Waals surface area contributed by atoms with Gasteiger partial charge in [-0.2, -0.15) is 27.1 Å². The minimum atomic E-state index is -5.76. The number of ether oxygens (including phenoxy) is 1. The van der Waals surface area contributed by atoms with Crippen molar-refractivity contribution in [2.75, 3.05) is 0 Å². The first-order valence-electron chi connectivity index (χ1n) is 7.95. The molecule has 0 radical (unpaired) electrons. The Hall–Kier alpha value is -3.31. The molecular formula is C17H12F6N4O2. The molecule has 1 aromatic carbocycles. The molecule has 3 aromatic rings. The van der Waals surface area contributed by atoms with E-state index in [1.807, 2.05) is 0 Å². The van der Waals surface area contributed by atoms with Gasteiger partial charge in [-0.15, -0.1) is 0 Å². The van der Waals surface area contributed by atoms with E-state index in [1.54, 1.807) is 7.05 Å². The Kier molecular flexibility index (Phi) is 5.11. The number of nitrogens with zero attached hydrogens (tertiary/aromatic N) is 3. The molecule has 1 unspecified atom stereocenters. The minimum Gasteiger partial charge on any atom is -0.430 e. The van der Waals surface area contributed by atoms with E-state index in [0.29, 0.717) is 16.6 Å². The van der Waals surface area contributed by atoms with E-state index < -0.39 is 29.8 Å². The number of aryl methyl sites for hydroxylation is 1. The van der Waals surface area contributed by atoms with Crippen LogP contribution in [0.5, 0.6) is 5.75 Å². The molecule has 0 aliphatic carbocycles. The Balaban J connectivity index is 1.76.